The van der Waals surface area contributed by atoms with E-state index in [4.69, 9.17) is 9.47 Å². The largest absolute Gasteiger partial charge is 0.487 e. The van der Waals surface area contributed by atoms with Gasteiger partial charge in [0.05, 0.1) is 11.7 Å². The molecule has 4 rings (SSSR count). The summed E-state index contributed by atoms with van der Waals surface area (Å²) in [5.41, 5.74) is -1.07. The monoisotopic (exact) mass is 444 g/mol. The summed E-state index contributed by atoms with van der Waals surface area (Å²) in [5.74, 6) is -1.28. The SMILES string of the molecule is CC(Oc1ccc(C(F)(F)F)cc1F)C1CN(C(=O)N2CC[C@@H]3OCC(=O)C[C@@H]3C2)C1. The maximum absolute atomic E-state index is 14.0. The van der Waals surface area contributed by atoms with Crippen molar-refractivity contribution in [3.05, 3.63) is 29.6 Å². The van der Waals surface area contributed by atoms with E-state index in [0.717, 1.165) is 12.1 Å². The van der Waals surface area contributed by atoms with Crippen LogP contribution in [-0.2, 0) is 15.7 Å². The lowest BCUT2D eigenvalue weighted by Gasteiger charge is -2.47. The summed E-state index contributed by atoms with van der Waals surface area (Å²) in [4.78, 5) is 27.8. The molecule has 3 aliphatic rings. The van der Waals surface area contributed by atoms with Crippen molar-refractivity contribution in [2.75, 3.05) is 32.8 Å². The number of ketones is 1. The summed E-state index contributed by atoms with van der Waals surface area (Å²) in [6, 6.07) is 2.07. The molecular weight excluding hydrogens is 420 g/mol. The van der Waals surface area contributed by atoms with Gasteiger partial charge in [0.1, 0.15) is 12.7 Å². The highest BCUT2D eigenvalue weighted by Gasteiger charge is 2.41. The van der Waals surface area contributed by atoms with E-state index < -0.39 is 23.7 Å². The second-order valence-corrected chi connectivity index (χ2v) is 8.50. The number of halogens is 4. The first kappa shape index (κ1) is 21.9. The Balaban J connectivity index is 1.28. The molecule has 6 nitrogen and oxygen atoms in total. The highest BCUT2D eigenvalue weighted by Crippen LogP contribution is 2.34. The zero-order valence-corrected chi connectivity index (χ0v) is 17.0. The van der Waals surface area contributed by atoms with E-state index in [1.165, 1.54) is 0 Å². The number of urea groups is 1. The smallest absolute Gasteiger partial charge is 0.416 e. The third kappa shape index (κ3) is 4.63. The second-order valence-electron chi connectivity index (χ2n) is 8.50. The number of alkyl halides is 3. The number of rotatable bonds is 3. The predicted octanol–water partition coefficient (Wildman–Crippen LogP) is 3.34. The number of carbonyl (C=O) groups excluding carboxylic acids is 2. The Morgan fingerprint density at radius 3 is 2.65 bits per heavy atom. The first-order chi connectivity index (χ1) is 14.6. The molecule has 0 bridgehead atoms. The third-order valence-electron chi connectivity index (χ3n) is 6.30. The molecular formula is C21H24F4N2O4. The molecule has 0 saturated carbocycles. The molecule has 3 heterocycles. The van der Waals surface area contributed by atoms with Crippen LogP contribution in [0, 0.1) is 17.7 Å². The number of hydrogen-bond acceptors (Lipinski definition) is 4. The molecule has 31 heavy (non-hydrogen) atoms. The first-order valence-corrected chi connectivity index (χ1v) is 10.3. The molecule has 0 aliphatic carbocycles. The number of nitrogens with zero attached hydrogens (tertiary/aromatic N) is 2. The van der Waals surface area contributed by atoms with Gasteiger partial charge in [-0.25, -0.2) is 9.18 Å². The van der Waals surface area contributed by atoms with Gasteiger partial charge in [-0.05, 0) is 31.5 Å². The van der Waals surface area contributed by atoms with Crippen LogP contribution >= 0.6 is 0 Å². The van der Waals surface area contributed by atoms with Crippen LogP contribution in [0.4, 0.5) is 22.4 Å². The lowest BCUT2D eigenvalue weighted by Crippen LogP contribution is -2.60. The molecule has 1 aromatic rings. The summed E-state index contributed by atoms with van der Waals surface area (Å²) in [5, 5.41) is 0. The minimum absolute atomic E-state index is 0.0259. The van der Waals surface area contributed by atoms with E-state index in [-0.39, 0.29) is 42.1 Å². The van der Waals surface area contributed by atoms with Gasteiger partial charge in [-0.1, -0.05) is 0 Å². The van der Waals surface area contributed by atoms with Crippen molar-refractivity contribution >= 4 is 11.8 Å². The van der Waals surface area contributed by atoms with Gasteiger partial charge in [0, 0.05) is 44.4 Å². The normalized spacial score (nSPS) is 25.6. The Morgan fingerprint density at radius 1 is 1.23 bits per heavy atom. The Morgan fingerprint density at radius 2 is 1.97 bits per heavy atom. The van der Waals surface area contributed by atoms with E-state index in [0.29, 0.717) is 45.1 Å². The fraction of sp³-hybridized carbons (Fsp3) is 0.619. The van der Waals surface area contributed by atoms with Gasteiger partial charge in [-0.15, -0.1) is 0 Å². The van der Waals surface area contributed by atoms with Gasteiger partial charge in [0.25, 0.3) is 0 Å². The number of hydrogen-bond donors (Lipinski definition) is 0. The number of piperidine rings is 1. The summed E-state index contributed by atoms with van der Waals surface area (Å²) < 4.78 is 63.1. The average Bonchev–Trinajstić information content (AvgIpc) is 2.66. The van der Waals surface area contributed by atoms with Crippen molar-refractivity contribution in [1.29, 1.82) is 0 Å². The van der Waals surface area contributed by atoms with Crippen molar-refractivity contribution in [1.82, 2.24) is 9.80 Å². The minimum atomic E-state index is -4.62. The Labute approximate surface area is 177 Å². The van der Waals surface area contributed by atoms with Crippen molar-refractivity contribution in [3.8, 4) is 5.75 Å². The number of benzene rings is 1. The maximum Gasteiger partial charge on any atom is 0.416 e. The fourth-order valence-electron chi connectivity index (χ4n) is 4.39. The van der Waals surface area contributed by atoms with E-state index in [9.17, 15) is 27.2 Å². The van der Waals surface area contributed by atoms with Crippen LogP contribution in [0.2, 0.25) is 0 Å². The quantitative estimate of drug-likeness (QED) is 0.671. The number of Topliss-reactive ketones (excluding diaryl/α,β-unsaturated/α-hetero) is 1. The first-order valence-electron chi connectivity index (χ1n) is 10.3. The van der Waals surface area contributed by atoms with Crippen molar-refractivity contribution < 1.29 is 36.6 Å². The molecule has 3 fully saturated rings. The molecule has 0 spiro atoms. The highest BCUT2D eigenvalue weighted by molar-refractivity contribution is 5.81. The predicted molar refractivity (Wildman–Crippen MR) is 101 cm³/mol. The number of fused-ring (bicyclic) bond motifs is 1. The number of amides is 2. The number of likely N-dealkylation sites (tertiary alicyclic amines) is 2. The second kappa shape index (κ2) is 8.29. The molecule has 3 atom stereocenters. The molecule has 0 aromatic heterocycles. The summed E-state index contributed by atoms with van der Waals surface area (Å²) >= 11 is 0. The van der Waals surface area contributed by atoms with Gasteiger partial charge in [-0.3, -0.25) is 4.79 Å². The van der Waals surface area contributed by atoms with Gasteiger partial charge in [0.2, 0.25) is 0 Å². The minimum Gasteiger partial charge on any atom is -0.487 e. The topological polar surface area (TPSA) is 59.1 Å². The number of carbonyl (C=O) groups is 2. The molecule has 2 amide bonds. The van der Waals surface area contributed by atoms with E-state index in [1.54, 1.807) is 16.7 Å². The molecule has 1 aromatic carbocycles. The van der Waals surface area contributed by atoms with Crippen LogP contribution in [0.25, 0.3) is 0 Å². The van der Waals surface area contributed by atoms with Crippen molar-refractivity contribution in [2.45, 2.75) is 38.1 Å². The fourth-order valence-corrected chi connectivity index (χ4v) is 4.39. The van der Waals surface area contributed by atoms with E-state index in [2.05, 4.69) is 0 Å². The maximum atomic E-state index is 14.0. The van der Waals surface area contributed by atoms with Crippen LogP contribution in [0.15, 0.2) is 18.2 Å². The Hall–Kier alpha value is -2.36. The summed E-state index contributed by atoms with van der Waals surface area (Å²) in [7, 11) is 0. The van der Waals surface area contributed by atoms with Gasteiger partial charge in [0.15, 0.2) is 17.3 Å². The third-order valence-corrected chi connectivity index (χ3v) is 6.30. The molecule has 0 N–H and O–H groups in total. The zero-order valence-electron chi connectivity index (χ0n) is 17.0. The van der Waals surface area contributed by atoms with Crippen LogP contribution in [0.1, 0.15) is 25.3 Å². The molecule has 170 valence electrons. The molecule has 1 unspecified atom stereocenters. The van der Waals surface area contributed by atoms with Crippen molar-refractivity contribution in [3.63, 3.8) is 0 Å². The summed E-state index contributed by atoms with van der Waals surface area (Å²) in [6.45, 7) is 3.75. The van der Waals surface area contributed by atoms with E-state index in [1.807, 2.05) is 0 Å². The van der Waals surface area contributed by atoms with Gasteiger partial charge < -0.3 is 19.3 Å². The summed E-state index contributed by atoms with van der Waals surface area (Å²) in [6.07, 6.45) is -3.93. The molecule has 10 heteroatoms. The zero-order chi connectivity index (χ0) is 22.3. The Bertz CT molecular complexity index is 856. The van der Waals surface area contributed by atoms with Crippen LogP contribution in [0.5, 0.6) is 5.75 Å². The van der Waals surface area contributed by atoms with Crippen LogP contribution in [0.3, 0.4) is 0 Å². The van der Waals surface area contributed by atoms with Crippen LogP contribution in [-0.4, -0.2) is 66.6 Å². The van der Waals surface area contributed by atoms with Crippen LogP contribution < -0.4 is 4.74 Å². The molecule has 0 radical (unpaired) electrons. The van der Waals surface area contributed by atoms with Gasteiger partial charge >= 0.3 is 12.2 Å². The average molecular weight is 444 g/mol. The molecule has 3 aliphatic heterocycles. The lowest BCUT2D eigenvalue weighted by molar-refractivity contribution is -0.140. The standard InChI is InChI=1S/C21H24F4N2O4/c1-12(31-19-3-2-15(7-17(19)22)21(23,24)25)14-9-27(10-14)20(29)26-5-4-18-13(8-26)6-16(28)11-30-18/h2-3,7,12-14,18H,4-6,8-11H2,1H3/t12?,13-,18+/m1/s1. The van der Waals surface area contributed by atoms with Crippen molar-refractivity contribution in [2.24, 2.45) is 11.8 Å². The Kier molecular flexibility index (Phi) is 5.85. The highest BCUT2D eigenvalue weighted by atomic mass is 19.4. The molecule has 3 saturated heterocycles. The number of ether oxygens (including phenoxy) is 2. The lowest BCUT2D eigenvalue weighted by atomic mass is 9.88. The van der Waals surface area contributed by atoms with Gasteiger partial charge in [-0.2, -0.15) is 13.2 Å². The van der Waals surface area contributed by atoms with E-state index >= 15 is 0 Å².